The molecule has 5 heteroatoms. The second-order valence-electron chi connectivity index (χ2n) is 3.55. The summed E-state index contributed by atoms with van der Waals surface area (Å²) < 4.78 is 5.15. The van der Waals surface area contributed by atoms with Crippen molar-refractivity contribution in [2.45, 2.75) is 6.54 Å². The first-order chi connectivity index (χ1) is 8.28. The SMILES string of the molecule is COc1cccc(CNc2ncc(N)cn2)c1. The van der Waals surface area contributed by atoms with Crippen molar-refractivity contribution in [1.29, 1.82) is 0 Å². The summed E-state index contributed by atoms with van der Waals surface area (Å²) >= 11 is 0. The molecular weight excluding hydrogens is 216 g/mol. The number of nitrogen functional groups attached to an aromatic ring is 1. The molecular formula is C12H14N4O. The van der Waals surface area contributed by atoms with E-state index in [-0.39, 0.29) is 0 Å². The summed E-state index contributed by atoms with van der Waals surface area (Å²) in [4.78, 5) is 8.11. The predicted molar refractivity (Wildman–Crippen MR) is 66.8 cm³/mol. The molecule has 0 amide bonds. The highest BCUT2D eigenvalue weighted by Gasteiger charge is 1.98. The van der Waals surface area contributed by atoms with Gasteiger partial charge in [0, 0.05) is 6.54 Å². The van der Waals surface area contributed by atoms with Gasteiger partial charge in [-0.1, -0.05) is 12.1 Å². The minimum absolute atomic E-state index is 0.553. The number of hydrogen-bond acceptors (Lipinski definition) is 5. The lowest BCUT2D eigenvalue weighted by atomic mass is 10.2. The Bertz CT molecular complexity index is 484. The van der Waals surface area contributed by atoms with Crippen molar-refractivity contribution in [2.24, 2.45) is 0 Å². The number of aromatic nitrogens is 2. The maximum absolute atomic E-state index is 5.50. The van der Waals surface area contributed by atoms with Crippen LogP contribution in [0.15, 0.2) is 36.7 Å². The molecule has 0 fully saturated rings. The molecule has 0 spiro atoms. The third kappa shape index (κ3) is 3.07. The summed E-state index contributed by atoms with van der Waals surface area (Å²) in [5.74, 6) is 1.39. The highest BCUT2D eigenvalue weighted by Crippen LogP contribution is 2.13. The number of methoxy groups -OCH3 is 1. The van der Waals surface area contributed by atoms with E-state index in [2.05, 4.69) is 15.3 Å². The van der Waals surface area contributed by atoms with E-state index in [0.717, 1.165) is 11.3 Å². The zero-order valence-electron chi connectivity index (χ0n) is 9.55. The summed E-state index contributed by atoms with van der Waals surface area (Å²) in [7, 11) is 1.65. The zero-order chi connectivity index (χ0) is 12.1. The van der Waals surface area contributed by atoms with Crippen molar-refractivity contribution >= 4 is 11.6 Å². The molecule has 0 atom stereocenters. The molecule has 5 nitrogen and oxygen atoms in total. The first-order valence-corrected chi connectivity index (χ1v) is 5.22. The zero-order valence-corrected chi connectivity index (χ0v) is 9.55. The van der Waals surface area contributed by atoms with Gasteiger partial charge in [-0.25, -0.2) is 9.97 Å². The first-order valence-electron chi connectivity index (χ1n) is 5.22. The predicted octanol–water partition coefficient (Wildman–Crippen LogP) is 1.68. The molecule has 0 aliphatic carbocycles. The highest BCUT2D eigenvalue weighted by atomic mass is 16.5. The Labute approximate surface area is 99.7 Å². The molecule has 0 saturated carbocycles. The van der Waals surface area contributed by atoms with Gasteiger partial charge >= 0.3 is 0 Å². The fraction of sp³-hybridized carbons (Fsp3) is 0.167. The fourth-order valence-electron chi connectivity index (χ4n) is 1.39. The van der Waals surface area contributed by atoms with Crippen LogP contribution in [0.25, 0.3) is 0 Å². The Kier molecular flexibility index (Phi) is 3.40. The van der Waals surface area contributed by atoms with E-state index in [0.29, 0.717) is 18.2 Å². The molecule has 0 bridgehead atoms. The normalized spacial score (nSPS) is 9.94. The van der Waals surface area contributed by atoms with Crippen LogP contribution in [-0.4, -0.2) is 17.1 Å². The van der Waals surface area contributed by atoms with E-state index >= 15 is 0 Å². The van der Waals surface area contributed by atoms with E-state index in [1.54, 1.807) is 19.5 Å². The molecule has 0 aliphatic heterocycles. The lowest BCUT2D eigenvalue weighted by molar-refractivity contribution is 0.414. The maximum atomic E-state index is 5.50. The van der Waals surface area contributed by atoms with E-state index < -0.39 is 0 Å². The minimum atomic E-state index is 0.553. The van der Waals surface area contributed by atoms with Crippen LogP contribution in [-0.2, 0) is 6.54 Å². The second-order valence-corrected chi connectivity index (χ2v) is 3.55. The second kappa shape index (κ2) is 5.16. The van der Waals surface area contributed by atoms with Crippen LogP contribution in [0.5, 0.6) is 5.75 Å². The first kappa shape index (κ1) is 11.2. The number of benzene rings is 1. The average Bonchev–Trinajstić information content (AvgIpc) is 2.38. The Morgan fingerprint density at radius 1 is 1.29 bits per heavy atom. The van der Waals surface area contributed by atoms with E-state index in [9.17, 15) is 0 Å². The van der Waals surface area contributed by atoms with Gasteiger partial charge in [0.1, 0.15) is 5.75 Å². The fourth-order valence-corrected chi connectivity index (χ4v) is 1.39. The molecule has 2 rings (SSSR count). The Balaban J connectivity index is 1.99. The standard InChI is InChI=1S/C12H14N4O/c1-17-11-4-2-3-9(5-11)6-14-12-15-7-10(13)8-16-12/h2-5,7-8H,6,13H2,1H3,(H,14,15,16). The van der Waals surface area contributed by atoms with Crippen LogP contribution >= 0.6 is 0 Å². The third-order valence-corrected chi connectivity index (χ3v) is 2.26. The lowest BCUT2D eigenvalue weighted by Gasteiger charge is -2.06. The van der Waals surface area contributed by atoms with Crippen molar-refractivity contribution in [2.75, 3.05) is 18.2 Å². The molecule has 17 heavy (non-hydrogen) atoms. The van der Waals surface area contributed by atoms with Crippen LogP contribution in [0, 0.1) is 0 Å². The van der Waals surface area contributed by atoms with Gasteiger partial charge in [0.25, 0.3) is 0 Å². The number of hydrogen-bond donors (Lipinski definition) is 2. The number of rotatable bonds is 4. The van der Waals surface area contributed by atoms with Gasteiger partial charge in [-0.2, -0.15) is 0 Å². The van der Waals surface area contributed by atoms with Crippen LogP contribution in [0.1, 0.15) is 5.56 Å². The van der Waals surface area contributed by atoms with Crippen molar-refractivity contribution in [3.8, 4) is 5.75 Å². The van der Waals surface area contributed by atoms with Gasteiger partial charge in [0.05, 0.1) is 25.2 Å². The largest absolute Gasteiger partial charge is 0.497 e. The number of nitrogens with two attached hydrogens (primary N) is 1. The van der Waals surface area contributed by atoms with Crippen LogP contribution in [0.2, 0.25) is 0 Å². The Hall–Kier alpha value is -2.30. The number of ether oxygens (including phenoxy) is 1. The Morgan fingerprint density at radius 3 is 2.76 bits per heavy atom. The van der Waals surface area contributed by atoms with Crippen molar-refractivity contribution in [1.82, 2.24) is 9.97 Å². The molecule has 0 saturated heterocycles. The summed E-state index contributed by atoms with van der Waals surface area (Å²) in [6.45, 7) is 0.640. The van der Waals surface area contributed by atoms with Crippen LogP contribution in [0.3, 0.4) is 0 Å². The summed E-state index contributed by atoms with van der Waals surface area (Å²) in [5.41, 5.74) is 7.16. The molecule has 3 N–H and O–H groups in total. The molecule has 1 aromatic heterocycles. The lowest BCUT2D eigenvalue weighted by Crippen LogP contribution is -2.03. The van der Waals surface area contributed by atoms with Crippen molar-refractivity contribution in [3.63, 3.8) is 0 Å². The highest BCUT2D eigenvalue weighted by molar-refractivity contribution is 5.37. The minimum Gasteiger partial charge on any atom is -0.497 e. The van der Waals surface area contributed by atoms with Crippen molar-refractivity contribution in [3.05, 3.63) is 42.2 Å². The quantitative estimate of drug-likeness (QED) is 0.836. The summed E-state index contributed by atoms with van der Waals surface area (Å²) in [6.07, 6.45) is 3.14. The summed E-state index contributed by atoms with van der Waals surface area (Å²) in [6, 6.07) is 7.82. The van der Waals surface area contributed by atoms with Gasteiger partial charge in [-0.3, -0.25) is 0 Å². The molecule has 1 aromatic carbocycles. The van der Waals surface area contributed by atoms with Gasteiger partial charge < -0.3 is 15.8 Å². The van der Waals surface area contributed by atoms with Crippen LogP contribution < -0.4 is 15.8 Å². The van der Waals surface area contributed by atoms with Gasteiger partial charge in [0.15, 0.2) is 0 Å². The van der Waals surface area contributed by atoms with Crippen LogP contribution in [0.4, 0.5) is 11.6 Å². The van der Waals surface area contributed by atoms with E-state index in [1.165, 1.54) is 0 Å². The third-order valence-electron chi connectivity index (χ3n) is 2.26. The van der Waals surface area contributed by atoms with Gasteiger partial charge in [-0.15, -0.1) is 0 Å². The topological polar surface area (TPSA) is 73.1 Å². The Morgan fingerprint density at radius 2 is 2.06 bits per heavy atom. The molecule has 0 unspecified atom stereocenters. The average molecular weight is 230 g/mol. The number of anilines is 2. The number of nitrogens with zero attached hydrogens (tertiary/aromatic N) is 2. The van der Waals surface area contributed by atoms with Gasteiger partial charge in [-0.05, 0) is 17.7 Å². The molecule has 1 heterocycles. The maximum Gasteiger partial charge on any atom is 0.222 e. The number of nitrogens with one attached hydrogen (secondary N) is 1. The smallest absolute Gasteiger partial charge is 0.222 e. The van der Waals surface area contributed by atoms with Crippen molar-refractivity contribution < 1.29 is 4.74 Å². The summed E-state index contributed by atoms with van der Waals surface area (Å²) in [5, 5.41) is 3.11. The molecule has 0 radical (unpaired) electrons. The molecule has 2 aromatic rings. The van der Waals surface area contributed by atoms with E-state index in [1.807, 2.05) is 24.3 Å². The molecule has 88 valence electrons. The van der Waals surface area contributed by atoms with E-state index in [4.69, 9.17) is 10.5 Å². The monoisotopic (exact) mass is 230 g/mol. The van der Waals surface area contributed by atoms with Gasteiger partial charge in [0.2, 0.25) is 5.95 Å². The molecule has 0 aliphatic rings.